The van der Waals surface area contributed by atoms with E-state index in [4.69, 9.17) is 0 Å². The van der Waals surface area contributed by atoms with Crippen molar-refractivity contribution < 1.29 is 13.2 Å². The van der Waals surface area contributed by atoms with E-state index in [1.165, 1.54) is 6.20 Å². The van der Waals surface area contributed by atoms with Crippen LogP contribution in [0.15, 0.2) is 18.5 Å². The van der Waals surface area contributed by atoms with Gasteiger partial charge in [-0.25, -0.2) is 0 Å². The Morgan fingerprint density at radius 2 is 1.79 bits per heavy atom. The number of halogens is 3. The van der Waals surface area contributed by atoms with Crippen LogP contribution < -0.4 is 0 Å². The van der Waals surface area contributed by atoms with Gasteiger partial charge in [0.25, 0.3) is 0 Å². The third kappa shape index (κ3) is 3.09. The molecule has 0 saturated heterocycles. The predicted molar refractivity (Wildman–Crippen MR) is 48.9 cm³/mol. The lowest BCUT2D eigenvalue weighted by atomic mass is 9.97. The SMILES string of the molecule is CC(C)(C)Cn1ccc(C(F)(F)F)c1. The summed E-state index contributed by atoms with van der Waals surface area (Å²) in [6, 6.07) is 1.10. The van der Waals surface area contributed by atoms with Crippen molar-refractivity contribution in [2.45, 2.75) is 33.5 Å². The zero-order valence-corrected chi connectivity index (χ0v) is 8.52. The van der Waals surface area contributed by atoms with Crippen molar-refractivity contribution in [2.24, 2.45) is 5.41 Å². The van der Waals surface area contributed by atoms with Crippen LogP contribution in [0.2, 0.25) is 0 Å². The van der Waals surface area contributed by atoms with Crippen molar-refractivity contribution >= 4 is 0 Å². The molecule has 1 heterocycles. The molecule has 0 atom stereocenters. The molecule has 1 nitrogen and oxygen atoms in total. The number of alkyl halides is 3. The van der Waals surface area contributed by atoms with Crippen molar-refractivity contribution in [1.82, 2.24) is 4.57 Å². The van der Waals surface area contributed by atoms with E-state index >= 15 is 0 Å². The first-order chi connectivity index (χ1) is 6.18. The normalized spacial score (nSPS) is 13.3. The minimum Gasteiger partial charge on any atom is -0.353 e. The molecule has 80 valence electrons. The molecule has 0 fully saturated rings. The fourth-order valence-corrected chi connectivity index (χ4v) is 1.25. The van der Waals surface area contributed by atoms with Crippen molar-refractivity contribution in [3.05, 3.63) is 24.0 Å². The summed E-state index contributed by atoms with van der Waals surface area (Å²) in [7, 11) is 0. The van der Waals surface area contributed by atoms with Crippen LogP contribution in [0.4, 0.5) is 13.2 Å². The van der Waals surface area contributed by atoms with Gasteiger partial charge in [-0.2, -0.15) is 13.2 Å². The lowest BCUT2D eigenvalue weighted by Crippen LogP contribution is -2.14. The average molecular weight is 205 g/mol. The summed E-state index contributed by atoms with van der Waals surface area (Å²) in [5.74, 6) is 0. The van der Waals surface area contributed by atoms with Crippen molar-refractivity contribution in [1.29, 1.82) is 0 Å². The Morgan fingerprint density at radius 3 is 2.14 bits per heavy atom. The standard InChI is InChI=1S/C10H14F3N/c1-9(2,3)7-14-5-4-8(6-14)10(11,12)13/h4-6H,7H2,1-3H3. The van der Waals surface area contributed by atoms with Gasteiger partial charge in [0, 0.05) is 18.9 Å². The summed E-state index contributed by atoms with van der Waals surface area (Å²) < 4.78 is 38.2. The molecule has 0 aliphatic heterocycles. The fourth-order valence-electron chi connectivity index (χ4n) is 1.25. The molecule has 0 unspecified atom stereocenters. The van der Waals surface area contributed by atoms with Gasteiger partial charge in [0.05, 0.1) is 5.56 Å². The van der Waals surface area contributed by atoms with Gasteiger partial charge in [0.15, 0.2) is 0 Å². The number of hydrogen-bond donors (Lipinski definition) is 0. The van der Waals surface area contributed by atoms with Crippen molar-refractivity contribution in [3.63, 3.8) is 0 Å². The molecule has 14 heavy (non-hydrogen) atoms. The van der Waals surface area contributed by atoms with Crippen molar-refractivity contribution in [2.75, 3.05) is 0 Å². The van der Waals surface area contributed by atoms with E-state index in [0.29, 0.717) is 6.54 Å². The molecule has 0 spiro atoms. The quantitative estimate of drug-likeness (QED) is 0.660. The maximum absolute atomic E-state index is 12.2. The van der Waals surface area contributed by atoms with Gasteiger partial charge in [-0.05, 0) is 11.5 Å². The minimum absolute atomic E-state index is 0.0120. The predicted octanol–water partition coefficient (Wildman–Crippen LogP) is 3.55. The van der Waals surface area contributed by atoms with Gasteiger partial charge in [-0.15, -0.1) is 0 Å². The molecule has 1 rings (SSSR count). The summed E-state index contributed by atoms with van der Waals surface area (Å²) in [6.45, 7) is 6.55. The van der Waals surface area contributed by atoms with Gasteiger partial charge in [0.2, 0.25) is 0 Å². The Labute approximate surface area is 81.5 Å². The fraction of sp³-hybridized carbons (Fsp3) is 0.600. The molecular formula is C10H14F3N. The Bertz CT molecular complexity index is 304. The van der Waals surface area contributed by atoms with E-state index < -0.39 is 11.7 Å². The van der Waals surface area contributed by atoms with E-state index in [2.05, 4.69) is 0 Å². The summed E-state index contributed by atoms with van der Waals surface area (Å²) >= 11 is 0. The summed E-state index contributed by atoms with van der Waals surface area (Å²) in [6.07, 6.45) is -1.62. The van der Waals surface area contributed by atoms with Crippen LogP contribution >= 0.6 is 0 Å². The van der Waals surface area contributed by atoms with Crippen LogP contribution in [0, 0.1) is 5.41 Å². The highest BCUT2D eigenvalue weighted by molar-refractivity contribution is 5.14. The van der Waals surface area contributed by atoms with Crippen LogP contribution in [-0.4, -0.2) is 4.57 Å². The van der Waals surface area contributed by atoms with E-state index in [9.17, 15) is 13.2 Å². The third-order valence-electron chi connectivity index (χ3n) is 1.73. The maximum Gasteiger partial charge on any atom is 0.417 e. The Balaban J connectivity index is 2.79. The minimum atomic E-state index is -4.23. The first-order valence-corrected chi connectivity index (χ1v) is 4.41. The first kappa shape index (κ1) is 11.1. The molecule has 0 aliphatic carbocycles. The lowest BCUT2D eigenvalue weighted by Gasteiger charge is -2.18. The second kappa shape index (κ2) is 3.33. The summed E-state index contributed by atoms with van der Waals surface area (Å²) in [4.78, 5) is 0. The van der Waals surface area contributed by atoms with Crippen LogP contribution in [0.5, 0.6) is 0 Å². The summed E-state index contributed by atoms with van der Waals surface area (Å²) in [5.41, 5.74) is -0.594. The highest BCUT2D eigenvalue weighted by Gasteiger charge is 2.31. The van der Waals surface area contributed by atoms with Gasteiger partial charge in [0.1, 0.15) is 0 Å². The van der Waals surface area contributed by atoms with Gasteiger partial charge >= 0.3 is 6.18 Å². The monoisotopic (exact) mass is 205 g/mol. The van der Waals surface area contributed by atoms with E-state index in [1.807, 2.05) is 20.8 Å². The average Bonchev–Trinajstić information content (AvgIpc) is 2.29. The zero-order chi connectivity index (χ0) is 11.0. The molecule has 0 radical (unpaired) electrons. The van der Waals surface area contributed by atoms with E-state index in [0.717, 1.165) is 12.3 Å². The highest BCUT2D eigenvalue weighted by atomic mass is 19.4. The number of rotatable bonds is 1. The van der Waals surface area contributed by atoms with E-state index in [1.54, 1.807) is 4.57 Å². The largest absolute Gasteiger partial charge is 0.417 e. The van der Waals surface area contributed by atoms with Gasteiger partial charge < -0.3 is 4.57 Å². The molecule has 0 aromatic carbocycles. The second-order valence-electron chi connectivity index (χ2n) is 4.63. The molecule has 0 bridgehead atoms. The van der Waals surface area contributed by atoms with Gasteiger partial charge in [-0.3, -0.25) is 0 Å². The maximum atomic E-state index is 12.2. The molecule has 0 saturated carbocycles. The highest BCUT2D eigenvalue weighted by Crippen LogP contribution is 2.29. The number of hydrogen-bond acceptors (Lipinski definition) is 0. The molecule has 0 N–H and O–H groups in total. The molecule has 0 aliphatic rings. The number of nitrogens with zero attached hydrogens (tertiary/aromatic N) is 1. The van der Waals surface area contributed by atoms with Crippen LogP contribution in [0.25, 0.3) is 0 Å². The molecule has 4 heteroatoms. The Morgan fingerprint density at radius 1 is 1.21 bits per heavy atom. The van der Waals surface area contributed by atoms with E-state index in [-0.39, 0.29) is 5.41 Å². The summed E-state index contributed by atoms with van der Waals surface area (Å²) in [5, 5.41) is 0. The molecule has 1 aromatic heterocycles. The zero-order valence-electron chi connectivity index (χ0n) is 8.52. The Hall–Kier alpha value is -0.930. The smallest absolute Gasteiger partial charge is 0.353 e. The van der Waals surface area contributed by atoms with Crippen LogP contribution in [-0.2, 0) is 12.7 Å². The number of aromatic nitrogens is 1. The topological polar surface area (TPSA) is 4.93 Å². The van der Waals surface area contributed by atoms with Gasteiger partial charge in [-0.1, -0.05) is 20.8 Å². The molecular weight excluding hydrogens is 191 g/mol. The Kier molecular flexibility index (Phi) is 2.65. The third-order valence-corrected chi connectivity index (χ3v) is 1.73. The first-order valence-electron chi connectivity index (χ1n) is 4.41. The van der Waals surface area contributed by atoms with Crippen LogP contribution in [0.1, 0.15) is 26.3 Å². The second-order valence-corrected chi connectivity index (χ2v) is 4.63. The van der Waals surface area contributed by atoms with Crippen LogP contribution in [0.3, 0.4) is 0 Å². The van der Waals surface area contributed by atoms with Crippen molar-refractivity contribution in [3.8, 4) is 0 Å². The molecule has 1 aromatic rings. The molecule has 0 amide bonds. The lowest BCUT2D eigenvalue weighted by molar-refractivity contribution is -0.137.